The molecular weight excluding hydrogens is 450 g/mol. The number of ether oxygens (including phenoxy) is 1. The monoisotopic (exact) mass is 475 g/mol. The number of sulfonamides is 1. The van der Waals surface area contributed by atoms with E-state index in [1.807, 2.05) is 19.1 Å². The van der Waals surface area contributed by atoms with E-state index in [1.54, 1.807) is 12.1 Å². The Balaban J connectivity index is 1.71. The Morgan fingerprint density at radius 3 is 2.69 bits per heavy atom. The number of carboxylic acid groups (broad SMARTS) is 1. The number of benzene rings is 2. The van der Waals surface area contributed by atoms with Gasteiger partial charge in [-0.15, -0.1) is 0 Å². The van der Waals surface area contributed by atoms with Gasteiger partial charge >= 0.3 is 5.97 Å². The summed E-state index contributed by atoms with van der Waals surface area (Å²) in [5.41, 5.74) is 4.11. The van der Waals surface area contributed by atoms with Crippen molar-refractivity contribution < 1.29 is 23.1 Å². The minimum absolute atomic E-state index is 0.146. The van der Waals surface area contributed by atoms with Crippen LogP contribution >= 0.6 is 11.6 Å². The van der Waals surface area contributed by atoms with Gasteiger partial charge in [0.05, 0.1) is 4.90 Å². The largest absolute Gasteiger partial charge is 0.481 e. The summed E-state index contributed by atoms with van der Waals surface area (Å²) in [4.78, 5) is 11.4. The Bertz CT molecular complexity index is 1160. The third-order valence-electron chi connectivity index (χ3n) is 6.14. The van der Waals surface area contributed by atoms with Crippen molar-refractivity contribution in [3.05, 3.63) is 63.7 Å². The highest BCUT2D eigenvalue weighted by Crippen LogP contribution is 2.44. The lowest BCUT2D eigenvalue weighted by Gasteiger charge is -2.32. The second-order valence-electron chi connectivity index (χ2n) is 8.34. The Morgan fingerprint density at radius 1 is 1.25 bits per heavy atom. The van der Waals surface area contributed by atoms with E-state index in [4.69, 9.17) is 16.3 Å². The zero-order valence-electron chi connectivity index (χ0n) is 17.8. The number of rotatable bonds is 7. The van der Waals surface area contributed by atoms with Crippen LogP contribution in [0.15, 0.2) is 41.3 Å². The molecule has 6 nitrogen and oxygen atoms in total. The molecule has 32 heavy (non-hydrogen) atoms. The number of carbonyl (C=O) groups is 1. The lowest BCUT2D eigenvalue weighted by molar-refractivity contribution is -0.139. The number of halogens is 1. The molecule has 2 N–H and O–H groups in total. The first-order valence-electron chi connectivity index (χ1n) is 10.7. The Hall–Kier alpha value is -2.35. The molecule has 0 saturated carbocycles. The van der Waals surface area contributed by atoms with Gasteiger partial charge in [0.25, 0.3) is 0 Å². The summed E-state index contributed by atoms with van der Waals surface area (Å²) in [6, 6.07) is 7.76. The summed E-state index contributed by atoms with van der Waals surface area (Å²) in [5, 5.41) is 9.68. The molecule has 0 fully saturated rings. The average Bonchev–Trinajstić information content (AvgIpc) is 2.76. The summed E-state index contributed by atoms with van der Waals surface area (Å²) in [7, 11) is -3.75. The predicted octanol–water partition coefficient (Wildman–Crippen LogP) is 4.55. The molecule has 0 amide bonds. The molecule has 4 rings (SSSR count). The molecule has 2 aromatic carbocycles. The van der Waals surface area contributed by atoms with Gasteiger partial charge < -0.3 is 9.84 Å². The van der Waals surface area contributed by atoms with Gasteiger partial charge in [-0.05, 0) is 80.0 Å². The lowest BCUT2D eigenvalue weighted by Crippen LogP contribution is -2.38. The molecule has 2 atom stereocenters. The topological polar surface area (TPSA) is 92.7 Å². The van der Waals surface area contributed by atoms with Crippen LogP contribution in [0, 0.1) is 0 Å². The molecule has 0 radical (unpaired) electrons. The van der Waals surface area contributed by atoms with Crippen molar-refractivity contribution in [1.29, 1.82) is 0 Å². The fraction of sp³-hybridized carbons (Fsp3) is 0.375. The molecule has 170 valence electrons. The first kappa shape index (κ1) is 22.8. The molecule has 2 aromatic rings. The highest BCUT2D eigenvalue weighted by molar-refractivity contribution is 7.89. The highest BCUT2D eigenvalue weighted by Gasteiger charge is 2.32. The van der Waals surface area contributed by atoms with Crippen LogP contribution in [-0.4, -0.2) is 32.1 Å². The van der Waals surface area contributed by atoms with Crippen molar-refractivity contribution >= 4 is 33.7 Å². The quantitative estimate of drug-likeness (QED) is 0.612. The van der Waals surface area contributed by atoms with Gasteiger partial charge in [-0.3, -0.25) is 0 Å². The summed E-state index contributed by atoms with van der Waals surface area (Å²) in [6.45, 7) is 1.41. The van der Waals surface area contributed by atoms with Crippen LogP contribution < -0.4 is 9.46 Å². The van der Waals surface area contributed by atoms with Crippen LogP contribution in [0.5, 0.6) is 5.75 Å². The molecule has 2 aliphatic rings. The van der Waals surface area contributed by atoms with Gasteiger partial charge in [0.15, 0.2) is 6.61 Å². The number of hydrogen-bond acceptors (Lipinski definition) is 4. The summed E-state index contributed by atoms with van der Waals surface area (Å²) in [5.74, 6) is -0.605. The summed E-state index contributed by atoms with van der Waals surface area (Å²) in [6.07, 6.45) is 8.57. The van der Waals surface area contributed by atoms with Crippen LogP contribution in [0.2, 0.25) is 5.02 Å². The third kappa shape index (κ3) is 4.70. The fourth-order valence-corrected chi connectivity index (χ4v) is 6.06. The van der Waals surface area contributed by atoms with E-state index in [-0.39, 0.29) is 10.8 Å². The number of allylic oxidation sites excluding steroid dienone is 1. The molecule has 0 spiro atoms. The van der Waals surface area contributed by atoms with Gasteiger partial charge in [0, 0.05) is 22.5 Å². The molecule has 8 heteroatoms. The molecule has 0 heterocycles. The maximum absolute atomic E-state index is 13.0. The minimum atomic E-state index is -3.75. The van der Waals surface area contributed by atoms with Gasteiger partial charge in [-0.1, -0.05) is 29.8 Å². The zero-order chi connectivity index (χ0) is 22.9. The lowest BCUT2D eigenvalue weighted by atomic mass is 9.78. The third-order valence-corrected chi connectivity index (χ3v) is 7.96. The number of aliphatic carboxylic acids is 1. The standard InChI is InChI=1S/C24H26ClNO5S/c1-15(26-32(29,30)19-11-9-18(25)10-12-19)20-8-4-6-17-13-16-5-2-3-7-21(16)24(23(17)20)31-14-22(27)28/h4,6,9-13,15,20,26H,2-3,5,7-8,14H2,1H3,(H,27,28). The summed E-state index contributed by atoms with van der Waals surface area (Å²) >= 11 is 5.89. The number of carboxylic acids is 1. The maximum Gasteiger partial charge on any atom is 0.341 e. The number of hydrogen-bond donors (Lipinski definition) is 2. The van der Waals surface area contributed by atoms with Crippen molar-refractivity contribution in [2.45, 2.75) is 55.9 Å². The van der Waals surface area contributed by atoms with Crippen LogP contribution in [0.25, 0.3) is 6.08 Å². The maximum atomic E-state index is 13.0. The van der Waals surface area contributed by atoms with Crippen molar-refractivity contribution in [2.24, 2.45) is 0 Å². The van der Waals surface area contributed by atoms with Crippen molar-refractivity contribution in [3.8, 4) is 5.75 Å². The number of nitrogens with one attached hydrogen (secondary N) is 1. The predicted molar refractivity (Wildman–Crippen MR) is 124 cm³/mol. The fourth-order valence-electron chi connectivity index (χ4n) is 4.65. The van der Waals surface area contributed by atoms with Gasteiger partial charge in [0.1, 0.15) is 5.75 Å². The smallest absolute Gasteiger partial charge is 0.341 e. The van der Waals surface area contributed by atoms with Gasteiger partial charge in [-0.25, -0.2) is 17.9 Å². The van der Waals surface area contributed by atoms with E-state index in [0.29, 0.717) is 17.2 Å². The van der Waals surface area contributed by atoms with Gasteiger partial charge in [0.2, 0.25) is 10.0 Å². The Morgan fingerprint density at radius 2 is 1.97 bits per heavy atom. The second-order valence-corrected chi connectivity index (χ2v) is 10.5. The Kier molecular flexibility index (Phi) is 6.60. The van der Waals surface area contributed by atoms with Crippen LogP contribution in [0.1, 0.15) is 54.4 Å². The molecule has 0 saturated heterocycles. The average molecular weight is 476 g/mol. The molecule has 0 aliphatic heterocycles. The normalized spacial score (nSPS) is 18.5. The van der Waals surface area contributed by atoms with E-state index < -0.39 is 28.6 Å². The second kappa shape index (κ2) is 9.25. The highest BCUT2D eigenvalue weighted by atomic mass is 35.5. The first-order chi connectivity index (χ1) is 15.3. The van der Waals surface area contributed by atoms with Crippen molar-refractivity contribution in [3.63, 3.8) is 0 Å². The van der Waals surface area contributed by atoms with Crippen LogP contribution in [0.3, 0.4) is 0 Å². The number of aryl methyl sites for hydroxylation is 1. The Labute approximate surface area is 193 Å². The molecule has 2 aliphatic carbocycles. The molecular formula is C24H26ClNO5S. The van der Waals surface area contributed by atoms with Gasteiger partial charge in [-0.2, -0.15) is 0 Å². The summed E-state index contributed by atoms with van der Waals surface area (Å²) < 4.78 is 34.6. The van der Waals surface area contributed by atoms with E-state index in [9.17, 15) is 18.3 Å². The van der Waals surface area contributed by atoms with E-state index >= 15 is 0 Å². The van der Waals surface area contributed by atoms with E-state index in [0.717, 1.165) is 42.4 Å². The molecule has 0 aromatic heterocycles. The molecule has 0 bridgehead atoms. The van der Waals surface area contributed by atoms with Crippen LogP contribution in [-0.2, 0) is 27.7 Å². The first-order valence-corrected chi connectivity index (χ1v) is 12.6. The minimum Gasteiger partial charge on any atom is -0.481 e. The zero-order valence-corrected chi connectivity index (χ0v) is 19.4. The van der Waals surface area contributed by atoms with E-state index in [2.05, 4.69) is 10.8 Å². The number of fused-ring (bicyclic) bond motifs is 2. The van der Waals surface area contributed by atoms with Crippen LogP contribution in [0.4, 0.5) is 0 Å². The van der Waals surface area contributed by atoms with Crippen molar-refractivity contribution in [1.82, 2.24) is 4.72 Å². The SMILES string of the molecule is CC(NS(=O)(=O)c1ccc(Cl)cc1)C1CC=Cc2cc3c(c(OCC(=O)O)c21)CCCC3. The van der Waals surface area contributed by atoms with E-state index in [1.165, 1.54) is 17.7 Å². The van der Waals surface area contributed by atoms with Crippen molar-refractivity contribution in [2.75, 3.05) is 6.61 Å². The molecule has 2 unspecified atom stereocenters.